The van der Waals surface area contributed by atoms with Crippen LogP contribution < -0.4 is 14.8 Å². The molecule has 0 aliphatic rings. The second kappa shape index (κ2) is 10.9. The van der Waals surface area contributed by atoms with Crippen molar-refractivity contribution in [3.8, 4) is 11.5 Å². The number of aromatic nitrogens is 3. The molecule has 0 saturated carbocycles. The minimum Gasteiger partial charge on any atom is -0.497 e. The average molecular weight is 505 g/mol. The second-order valence-electron chi connectivity index (χ2n) is 7.53. The molecule has 3 aromatic rings. The Morgan fingerprint density at radius 2 is 1.82 bits per heavy atom. The van der Waals surface area contributed by atoms with Crippen molar-refractivity contribution >= 4 is 33.2 Å². The number of hydrogen-bond donors (Lipinski definition) is 1. The SMILES string of the molecule is CCn1c(CS(=O)(=O)c2ccc(C)cc2)nnc1SC(C)C(=O)Nc1ccc(OC)cc1OC. The fraction of sp³-hybridized carbons (Fsp3) is 0.348. The lowest BCUT2D eigenvalue weighted by Gasteiger charge is -2.15. The van der Waals surface area contributed by atoms with E-state index in [4.69, 9.17) is 9.47 Å². The van der Waals surface area contributed by atoms with Crippen LogP contribution >= 0.6 is 11.8 Å². The number of benzene rings is 2. The third kappa shape index (κ3) is 5.89. The molecular weight excluding hydrogens is 476 g/mol. The summed E-state index contributed by atoms with van der Waals surface area (Å²) < 4.78 is 37.9. The van der Waals surface area contributed by atoms with Crippen molar-refractivity contribution in [3.63, 3.8) is 0 Å². The van der Waals surface area contributed by atoms with Gasteiger partial charge in [-0.25, -0.2) is 8.42 Å². The van der Waals surface area contributed by atoms with E-state index in [2.05, 4.69) is 15.5 Å². The first kappa shape index (κ1) is 25.6. The lowest BCUT2D eigenvalue weighted by Crippen LogP contribution is -2.23. The topological polar surface area (TPSA) is 112 Å². The molecule has 182 valence electrons. The Hall–Kier alpha value is -3.05. The third-order valence-corrected chi connectivity index (χ3v) is 7.84. The predicted molar refractivity (Wildman–Crippen MR) is 131 cm³/mol. The van der Waals surface area contributed by atoms with Crippen LogP contribution in [-0.4, -0.2) is 48.6 Å². The number of nitrogens with zero attached hydrogens (tertiary/aromatic N) is 3. The highest BCUT2D eigenvalue weighted by Crippen LogP contribution is 2.31. The van der Waals surface area contributed by atoms with E-state index in [0.29, 0.717) is 34.7 Å². The first-order chi connectivity index (χ1) is 16.2. The summed E-state index contributed by atoms with van der Waals surface area (Å²) in [7, 11) is -0.520. The summed E-state index contributed by atoms with van der Waals surface area (Å²) in [5.74, 6) is 0.885. The van der Waals surface area contributed by atoms with E-state index in [1.54, 1.807) is 61.1 Å². The maximum absolute atomic E-state index is 12.9. The molecule has 1 atom stereocenters. The lowest BCUT2D eigenvalue weighted by molar-refractivity contribution is -0.115. The number of ether oxygens (including phenoxy) is 2. The van der Waals surface area contributed by atoms with E-state index in [0.717, 1.165) is 5.56 Å². The molecule has 0 fully saturated rings. The van der Waals surface area contributed by atoms with Gasteiger partial charge in [0, 0.05) is 12.6 Å². The van der Waals surface area contributed by atoms with Gasteiger partial charge in [0.1, 0.15) is 23.1 Å². The number of carbonyl (C=O) groups excluding carboxylic acids is 1. The Kier molecular flexibility index (Phi) is 8.21. The molecular formula is C23H28N4O5S2. The van der Waals surface area contributed by atoms with E-state index in [9.17, 15) is 13.2 Å². The molecule has 34 heavy (non-hydrogen) atoms. The van der Waals surface area contributed by atoms with Crippen LogP contribution in [0.25, 0.3) is 0 Å². The van der Waals surface area contributed by atoms with Crippen LogP contribution in [0, 0.1) is 6.92 Å². The fourth-order valence-corrected chi connectivity index (χ4v) is 5.38. The summed E-state index contributed by atoms with van der Waals surface area (Å²) in [5, 5.41) is 11.1. The smallest absolute Gasteiger partial charge is 0.237 e. The summed E-state index contributed by atoms with van der Waals surface area (Å²) in [4.78, 5) is 13.1. The van der Waals surface area contributed by atoms with Crippen molar-refractivity contribution < 1.29 is 22.7 Å². The summed E-state index contributed by atoms with van der Waals surface area (Å²) in [5.41, 5.74) is 1.50. The van der Waals surface area contributed by atoms with Gasteiger partial charge in [0.25, 0.3) is 0 Å². The summed E-state index contributed by atoms with van der Waals surface area (Å²) in [6, 6.07) is 11.8. The Labute approximate surface area is 203 Å². The Bertz CT molecular complexity index is 1260. The van der Waals surface area contributed by atoms with Gasteiger partial charge in [-0.15, -0.1) is 10.2 Å². The first-order valence-electron chi connectivity index (χ1n) is 10.6. The van der Waals surface area contributed by atoms with Gasteiger partial charge in [0.05, 0.1) is 30.1 Å². The number of thioether (sulfide) groups is 1. The van der Waals surface area contributed by atoms with E-state index >= 15 is 0 Å². The molecule has 3 rings (SSSR count). The Morgan fingerprint density at radius 3 is 2.44 bits per heavy atom. The minimum absolute atomic E-state index is 0.235. The number of amides is 1. The average Bonchev–Trinajstić information content (AvgIpc) is 3.19. The highest BCUT2D eigenvalue weighted by molar-refractivity contribution is 8.00. The van der Waals surface area contributed by atoms with Gasteiger partial charge < -0.3 is 19.4 Å². The predicted octanol–water partition coefficient (Wildman–Crippen LogP) is 3.72. The zero-order chi connectivity index (χ0) is 24.9. The number of anilines is 1. The Balaban J connectivity index is 1.73. The molecule has 11 heteroatoms. The normalized spacial score (nSPS) is 12.3. The van der Waals surface area contributed by atoms with Gasteiger partial charge in [-0.05, 0) is 45.0 Å². The lowest BCUT2D eigenvalue weighted by atomic mass is 10.2. The van der Waals surface area contributed by atoms with Crippen molar-refractivity contribution in [2.75, 3.05) is 19.5 Å². The Morgan fingerprint density at radius 1 is 1.12 bits per heavy atom. The molecule has 0 aliphatic carbocycles. The van der Waals surface area contributed by atoms with E-state index < -0.39 is 15.1 Å². The molecule has 0 aliphatic heterocycles. The second-order valence-corrected chi connectivity index (χ2v) is 10.8. The molecule has 1 heterocycles. The van der Waals surface area contributed by atoms with Crippen molar-refractivity contribution in [2.45, 2.75) is 48.4 Å². The minimum atomic E-state index is -3.58. The molecule has 0 radical (unpaired) electrons. The van der Waals surface area contributed by atoms with Crippen LogP contribution in [0.15, 0.2) is 52.5 Å². The molecule has 0 bridgehead atoms. The first-order valence-corrected chi connectivity index (χ1v) is 13.1. The number of rotatable bonds is 10. The summed E-state index contributed by atoms with van der Waals surface area (Å²) in [6.07, 6.45) is 0. The molecule has 1 N–H and O–H groups in total. The van der Waals surface area contributed by atoms with Crippen molar-refractivity contribution in [2.24, 2.45) is 0 Å². The number of sulfone groups is 1. The summed E-state index contributed by atoms with van der Waals surface area (Å²) >= 11 is 1.20. The van der Waals surface area contributed by atoms with E-state index in [1.807, 2.05) is 13.8 Å². The number of hydrogen-bond acceptors (Lipinski definition) is 8. The van der Waals surface area contributed by atoms with Crippen LogP contribution in [0.4, 0.5) is 5.69 Å². The van der Waals surface area contributed by atoms with E-state index in [-0.39, 0.29) is 16.6 Å². The van der Waals surface area contributed by atoms with Crippen molar-refractivity contribution in [1.29, 1.82) is 0 Å². The van der Waals surface area contributed by atoms with Crippen LogP contribution in [0.5, 0.6) is 11.5 Å². The van der Waals surface area contributed by atoms with Crippen LogP contribution in [0.1, 0.15) is 25.2 Å². The number of methoxy groups -OCH3 is 2. The molecule has 1 aromatic heterocycles. The number of carbonyl (C=O) groups is 1. The van der Waals surface area contributed by atoms with E-state index in [1.165, 1.54) is 18.9 Å². The maximum Gasteiger partial charge on any atom is 0.237 e. The monoisotopic (exact) mass is 504 g/mol. The maximum atomic E-state index is 12.9. The zero-order valence-corrected chi connectivity index (χ0v) is 21.4. The molecule has 1 amide bonds. The van der Waals surface area contributed by atoms with Gasteiger partial charge in [-0.3, -0.25) is 4.79 Å². The van der Waals surface area contributed by atoms with Gasteiger partial charge in [0.15, 0.2) is 15.0 Å². The highest BCUT2D eigenvalue weighted by Gasteiger charge is 2.24. The van der Waals surface area contributed by atoms with Crippen molar-refractivity contribution in [1.82, 2.24) is 14.8 Å². The van der Waals surface area contributed by atoms with Gasteiger partial charge in [-0.2, -0.15) is 0 Å². The zero-order valence-electron chi connectivity index (χ0n) is 19.7. The standard InChI is InChI=1S/C23H28N4O5S2/c1-6-27-21(14-34(29,30)18-10-7-15(2)8-11-18)25-26-23(27)33-16(3)22(28)24-19-12-9-17(31-4)13-20(19)32-5/h7-13,16H,6,14H2,1-5H3,(H,24,28). The van der Waals surface area contributed by atoms with Gasteiger partial charge in [-0.1, -0.05) is 29.5 Å². The molecule has 0 saturated heterocycles. The molecule has 1 unspecified atom stereocenters. The third-order valence-electron chi connectivity index (χ3n) is 5.13. The number of nitrogens with one attached hydrogen (secondary N) is 1. The molecule has 9 nitrogen and oxygen atoms in total. The number of aryl methyl sites for hydroxylation is 1. The van der Waals surface area contributed by atoms with Crippen LogP contribution in [0.3, 0.4) is 0 Å². The molecule has 0 spiro atoms. The molecule has 2 aromatic carbocycles. The summed E-state index contributed by atoms with van der Waals surface area (Å²) in [6.45, 7) is 5.99. The van der Waals surface area contributed by atoms with Crippen LogP contribution in [-0.2, 0) is 26.9 Å². The van der Waals surface area contributed by atoms with Crippen molar-refractivity contribution in [3.05, 3.63) is 53.9 Å². The van der Waals surface area contributed by atoms with Gasteiger partial charge >= 0.3 is 0 Å². The van der Waals surface area contributed by atoms with Gasteiger partial charge in [0.2, 0.25) is 5.91 Å². The largest absolute Gasteiger partial charge is 0.497 e. The fourth-order valence-electron chi connectivity index (χ4n) is 3.18. The highest BCUT2D eigenvalue weighted by atomic mass is 32.2. The quantitative estimate of drug-likeness (QED) is 0.416. The van der Waals surface area contributed by atoms with Crippen LogP contribution in [0.2, 0.25) is 0 Å².